The number of hydrogen-bond acceptors (Lipinski definition) is 4. The van der Waals surface area contributed by atoms with E-state index in [4.69, 9.17) is 0 Å². The lowest BCUT2D eigenvalue weighted by Crippen LogP contribution is -2.34. The predicted octanol–water partition coefficient (Wildman–Crippen LogP) is 18.2. The van der Waals surface area contributed by atoms with E-state index < -0.39 is 0 Å². The van der Waals surface area contributed by atoms with E-state index in [1.165, 1.54) is 108 Å². The Balaban J connectivity index is 0.815. The van der Waals surface area contributed by atoms with Crippen LogP contribution < -0.4 is 4.90 Å². The zero-order chi connectivity index (χ0) is 46.1. The third kappa shape index (κ3) is 6.99. The molecule has 4 atom stereocenters. The summed E-state index contributed by atoms with van der Waals surface area (Å²) in [7, 11) is 0. The molecule has 4 unspecified atom stereocenters. The van der Waals surface area contributed by atoms with E-state index in [0.29, 0.717) is 17.1 Å². The number of hydrogen-bond donors (Lipinski definition) is 0. The van der Waals surface area contributed by atoms with Gasteiger partial charge in [0.05, 0.1) is 10.7 Å². The topological polar surface area (TPSA) is 6.48 Å². The Hall–Kier alpha value is -7.37. The molecular weight excluding hydrogens is 885 g/mol. The summed E-state index contributed by atoms with van der Waals surface area (Å²) in [5, 5.41) is 11.0. The maximum atomic E-state index is 2.65. The van der Waals surface area contributed by atoms with E-state index in [9.17, 15) is 0 Å². The summed E-state index contributed by atoms with van der Waals surface area (Å²) in [6, 6.07) is 58.5. The Morgan fingerprint density at radius 1 is 0.571 bits per heavy atom. The Kier molecular flexibility index (Phi) is 10.2. The molecule has 5 aliphatic rings. The van der Waals surface area contributed by atoms with Gasteiger partial charge in [-0.3, -0.25) is 0 Å². The van der Waals surface area contributed by atoms with Gasteiger partial charge in [0.1, 0.15) is 0 Å². The fraction of sp³-hybridized carbons (Fsp3) is 0.121. The van der Waals surface area contributed by atoms with Crippen LogP contribution in [0.5, 0.6) is 0 Å². The average Bonchev–Trinajstić information content (AvgIpc) is 4.01. The second-order valence-corrected chi connectivity index (χ2v) is 21.5. The average molecular weight is 935 g/mol. The van der Waals surface area contributed by atoms with Gasteiger partial charge in [0.25, 0.3) is 0 Å². The normalized spacial score (nSPS) is 20.4. The lowest BCUT2D eigenvalue weighted by molar-refractivity contribution is 0.356. The van der Waals surface area contributed by atoms with E-state index in [1.54, 1.807) is 0 Å². The van der Waals surface area contributed by atoms with Gasteiger partial charge in [-0.05, 0) is 129 Å². The minimum Gasteiger partial charge on any atom is -0.338 e. The molecule has 0 saturated heterocycles. The number of thiophene rings is 1. The second-order valence-electron chi connectivity index (χ2n) is 19.2. The van der Waals surface area contributed by atoms with Gasteiger partial charge < -0.3 is 9.80 Å². The fourth-order valence-corrected chi connectivity index (χ4v) is 14.9. The van der Waals surface area contributed by atoms with Crippen molar-refractivity contribution in [3.05, 3.63) is 264 Å². The summed E-state index contributed by atoms with van der Waals surface area (Å²) in [4.78, 5) is 6.56. The van der Waals surface area contributed by atoms with Crippen LogP contribution in [-0.2, 0) is 0 Å². The summed E-state index contributed by atoms with van der Waals surface area (Å²) >= 11 is 4.06. The molecule has 4 aliphatic carbocycles. The van der Waals surface area contributed by atoms with Crippen molar-refractivity contribution in [1.82, 2.24) is 4.90 Å². The molecule has 0 amide bonds. The number of anilines is 2. The van der Waals surface area contributed by atoms with Crippen LogP contribution in [0.15, 0.2) is 253 Å². The van der Waals surface area contributed by atoms with Crippen LogP contribution in [0.3, 0.4) is 0 Å². The van der Waals surface area contributed by atoms with Crippen molar-refractivity contribution in [2.24, 2.45) is 0 Å². The summed E-state index contributed by atoms with van der Waals surface area (Å²) in [5.41, 5.74) is 11.8. The molecule has 2 nitrogen and oxygen atoms in total. The molecule has 0 radical (unpaired) electrons. The molecule has 4 heteroatoms. The molecule has 2 heterocycles. The van der Waals surface area contributed by atoms with Crippen LogP contribution in [-0.4, -0.2) is 16.2 Å². The molecule has 336 valence electrons. The number of allylic oxidation sites excluding steroid dienone is 11. The van der Waals surface area contributed by atoms with Crippen LogP contribution in [0.1, 0.15) is 54.2 Å². The molecule has 0 spiro atoms. The SMILES string of the molecule is C1=CCCC(N(C2=CC3Sc4c(c5ccccc5c5c4sc4cc(N(C6=CCC(c7cccc8ccccc78)C=C6)c6ccccc6)ccc45)C3C=C2)C2C=CC(c3cccc4ccccc34)=CC2)=C1. The first-order valence-electron chi connectivity index (χ1n) is 24.9. The van der Waals surface area contributed by atoms with Crippen LogP contribution in [0.2, 0.25) is 0 Å². The van der Waals surface area contributed by atoms with Crippen LogP contribution in [0, 0.1) is 0 Å². The van der Waals surface area contributed by atoms with E-state index in [1.807, 2.05) is 11.3 Å². The third-order valence-corrected chi connectivity index (χ3v) is 17.9. The summed E-state index contributed by atoms with van der Waals surface area (Å²) in [5.74, 6) is 0.632. The molecule has 1 aromatic heterocycles. The van der Waals surface area contributed by atoms with Gasteiger partial charge in [0.15, 0.2) is 0 Å². The molecule has 9 aromatic rings. The molecule has 0 bridgehead atoms. The zero-order valence-corrected chi connectivity index (χ0v) is 40.4. The first kappa shape index (κ1) is 41.6. The van der Waals surface area contributed by atoms with Crippen LogP contribution >= 0.6 is 23.1 Å². The van der Waals surface area contributed by atoms with Crippen molar-refractivity contribution in [3.63, 3.8) is 0 Å². The molecule has 14 rings (SSSR count). The summed E-state index contributed by atoms with van der Waals surface area (Å²) < 4.78 is 2.74. The highest BCUT2D eigenvalue weighted by atomic mass is 32.2. The summed E-state index contributed by atoms with van der Waals surface area (Å²) in [6.45, 7) is 0. The quantitative estimate of drug-likeness (QED) is 0.150. The smallest absolute Gasteiger partial charge is 0.0557 e. The highest BCUT2D eigenvalue weighted by molar-refractivity contribution is 8.00. The first-order valence-corrected chi connectivity index (χ1v) is 26.6. The number of nitrogens with zero attached hydrogens (tertiary/aromatic N) is 2. The van der Waals surface area contributed by atoms with Gasteiger partial charge in [-0.25, -0.2) is 0 Å². The number of thioether (sulfide) groups is 1. The highest BCUT2D eigenvalue weighted by Gasteiger charge is 2.38. The van der Waals surface area contributed by atoms with E-state index in [-0.39, 0.29) is 6.04 Å². The number of fused-ring (bicyclic) bond motifs is 12. The number of para-hydroxylation sites is 1. The molecule has 0 saturated carbocycles. The maximum Gasteiger partial charge on any atom is 0.0557 e. The van der Waals surface area contributed by atoms with Gasteiger partial charge in [-0.2, -0.15) is 0 Å². The van der Waals surface area contributed by atoms with Gasteiger partial charge in [-0.1, -0.05) is 182 Å². The minimum absolute atomic E-state index is 0.239. The Morgan fingerprint density at radius 3 is 2.13 bits per heavy atom. The largest absolute Gasteiger partial charge is 0.338 e. The van der Waals surface area contributed by atoms with Crippen molar-refractivity contribution < 1.29 is 0 Å². The zero-order valence-electron chi connectivity index (χ0n) is 38.8. The monoisotopic (exact) mass is 934 g/mol. The van der Waals surface area contributed by atoms with Crippen molar-refractivity contribution in [2.45, 2.75) is 53.7 Å². The summed E-state index contributed by atoms with van der Waals surface area (Å²) in [6.07, 6.45) is 33.0. The molecule has 0 N–H and O–H groups in total. The molecule has 1 aliphatic heterocycles. The predicted molar refractivity (Wildman–Crippen MR) is 301 cm³/mol. The molecule has 70 heavy (non-hydrogen) atoms. The van der Waals surface area contributed by atoms with Crippen molar-refractivity contribution in [1.29, 1.82) is 0 Å². The highest BCUT2D eigenvalue weighted by Crippen LogP contribution is 2.58. The first-order chi connectivity index (χ1) is 34.7. The Bertz CT molecular complexity index is 3850. The maximum absolute atomic E-state index is 2.65. The van der Waals surface area contributed by atoms with E-state index in [0.717, 1.165) is 25.7 Å². The Morgan fingerprint density at radius 2 is 1.33 bits per heavy atom. The van der Waals surface area contributed by atoms with E-state index in [2.05, 4.69) is 252 Å². The number of rotatable bonds is 8. The van der Waals surface area contributed by atoms with Gasteiger partial charge >= 0.3 is 0 Å². The standard InChI is InChI=1S/C66H50N2S2/c1-3-19-47(20-4-1)67(49-33-29-45(30-34-49)55-27-13-17-43-15-7-9-23-53(43)55)51-37-39-59-61(41-51)69-65-63(59)57-25-11-12-26-58(57)64-60-40-38-52(42-62(60)70-66(64)65)68(48-21-5-2-6-22-48)50-35-31-46(32-36-50)56-28-14-18-44-16-8-10-24-54(44)56/h1-5,7-21,23-29,31-35,37-42,45,50,60,62H,6,22,30,36H2. The van der Waals surface area contributed by atoms with Gasteiger partial charge in [0, 0.05) is 65.9 Å². The lowest BCUT2D eigenvalue weighted by Gasteiger charge is -2.38. The lowest BCUT2D eigenvalue weighted by atomic mass is 9.86. The fourth-order valence-electron chi connectivity index (χ4n) is 12.0. The van der Waals surface area contributed by atoms with Gasteiger partial charge in [-0.15, -0.1) is 23.1 Å². The number of benzene rings is 8. The van der Waals surface area contributed by atoms with E-state index >= 15 is 0 Å². The van der Waals surface area contributed by atoms with Crippen molar-refractivity contribution in [3.8, 4) is 0 Å². The van der Waals surface area contributed by atoms with Crippen LogP contribution in [0.25, 0.3) is 58.1 Å². The van der Waals surface area contributed by atoms with Crippen molar-refractivity contribution >= 4 is 92.5 Å². The minimum atomic E-state index is 0.239. The molecule has 0 fully saturated rings. The molecular formula is C66H50N2S2. The third-order valence-electron chi connectivity index (χ3n) is 15.3. The van der Waals surface area contributed by atoms with Crippen LogP contribution in [0.4, 0.5) is 11.4 Å². The van der Waals surface area contributed by atoms with Gasteiger partial charge in [0.2, 0.25) is 0 Å². The van der Waals surface area contributed by atoms with Crippen molar-refractivity contribution in [2.75, 3.05) is 4.90 Å². The Labute approximate surface area is 418 Å². The molecule has 8 aromatic carbocycles. The second kappa shape index (κ2) is 17.2.